The van der Waals surface area contributed by atoms with E-state index in [0.717, 1.165) is 0 Å². The summed E-state index contributed by atoms with van der Waals surface area (Å²) in [5, 5.41) is 0.436. The minimum atomic E-state index is -0.718. The van der Waals surface area contributed by atoms with Crippen molar-refractivity contribution in [2.45, 2.75) is 4.84 Å². The van der Waals surface area contributed by atoms with E-state index in [-0.39, 0.29) is 10.3 Å². The molecular formula is C4H2Cl4N2. The summed E-state index contributed by atoms with van der Waals surface area (Å²) < 4.78 is 0. The van der Waals surface area contributed by atoms with Crippen molar-refractivity contribution in [3.8, 4) is 0 Å². The van der Waals surface area contributed by atoms with Gasteiger partial charge in [0, 0.05) is 0 Å². The second-order valence-corrected chi connectivity index (χ2v) is 3.36. The average molecular weight is 220 g/mol. The third-order valence-corrected chi connectivity index (χ3v) is 1.90. The van der Waals surface area contributed by atoms with Gasteiger partial charge in [-0.05, 0) is 0 Å². The lowest BCUT2D eigenvalue weighted by Gasteiger charge is -1.90. The zero-order chi connectivity index (χ0) is 7.72. The van der Waals surface area contributed by atoms with Gasteiger partial charge in [-0.2, -0.15) is 0 Å². The number of nitrogens with one attached hydrogen (secondary N) is 1. The first-order chi connectivity index (χ1) is 4.61. The summed E-state index contributed by atoms with van der Waals surface area (Å²) >= 11 is 21.9. The van der Waals surface area contributed by atoms with E-state index in [1.54, 1.807) is 0 Å². The van der Waals surface area contributed by atoms with Gasteiger partial charge in [-0.1, -0.05) is 46.4 Å². The van der Waals surface area contributed by atoms with Crippen LogP contribution in [-0.2, 0) is 0 Å². The molecule has 0 spiro atoms. The number of aromatic amines is 1. The summed E-state index contributed by atoms with van der Waals surface area (Å²) in [7, 11) is 0. The SMILES string of the molecule is Clc1nc(C(Cl)Cl)[nH]c1Cl. The van der Waals surface area contributed by atoms with Crippen LogP contribution >= 0.6 is 46.4 Å². The summed E-state index contributed by atoms with van der Waals surface area (Å²) in [6.45, 7) is 0. The third-order valence-electron chi connectivity index (χ3n) is 0.844. The molecule has 0 radical (unpaired) electrons. The Morgan fingerprint density at radius 1 is 1.30 bits per heavy atom. The quantitative estimate of drug-likeness (QED) is 0.723. The van der Waals surface area contributed by atoms with Crippen LogP contribution in [0.4, 0.5) is 0 Å². The summed E-state index contributed by atoms with van der Waals surface area (Å²) in [5.41, 5.74) is 0. The van der Waals surface area contributed by atoms with Crippen molar-refractivity contribution >= 4 is 46.4 Å². The maximum absolute atomic E-state index is 5.51. The Morgan fingerprint density at radius 2 is 1.90 bits per heavy atom. The molecule has 0 aliphatic rings. The molecule has 0 atom stereocenters. The summed E-state index contributed by atoms with van der Waals surface area (Å²) in [4.78, 5) is 5.61. The van der Waals surface area contributed by atoms with E-state index in [9.17, 15) is 0 Å². The van der Waals surface area contributed by atoms with E-state index in [4.69, 9.17) is 46.4 Å². The fourth-order valence-corrected chi connectivity index (χ4v) is 0.934. The van der Waals surface area contributed by atoms with Gasteiger partial charge >= 0.3 is 0 Å². The molecule has 6 heteroatoms. The van der Waals surface area contributed by atoms with Crippen molar-refractivity contribution in [3.05, 3.63) is 16.1 Å². The van der Waals surface area contributed by atoms with Gasteiger partial charge in [0.2, 0.25) is 0 Å². The molecule has 1 N–H and O–H groups in total. The smallest absolute Gasteiger partial charge is 0.166 e. The number of imidazole rings is 1. The molecule has 0 saturated heterocycles. The predicted molar refractivity (Wildman–Crippen MR) is 43.1 cm³/mol. The Morgan fingerprint density at radius 3 is 2.10 bits per heavy atom. The lowest BCUT2D eigenvalue weighted by Crippen LogP contribution is -1.82. The van der Waals surface area contributed by atoms with Crippen LogP contribution in [0.5, 0.6) is 0 Å². The molecule has 0 aliphatic carbocycles. The molecule has 0 bridgehead atoms. The first kappa shape index (κ1) is 8.47. The zero-order valence-corrected chi connectivity index (χ0v) is 7.56. The number of hydrogen-bond acceptors (Lipinski definition) is 1. The van der Waals surface area contributed by atoms with Crippen molar-refractivity contribution in [2.24, 2.45) is 0 Å². The van der Waals surface area contributed by atoms with Crippen LogP contribution in [0.25, 0.3) is 0 Å². The van der Waals surface area contributed by atoms with Gasteiger partial charge in [0.05, 0.1) is 0 Å². The van der Waals surface area contributed by atoms with Crippen LogP contribution in [0.1, 0.15) is 10.7 Å². The monoisotopic (exact) mass is 218 g/mol. The lowest BCUT2D eigenvalue weighted by atomic mass is 10.7. The summed E-state index contributed by atoms with van der Waals surface area (Å²) in [6.07, 6.45) is 0. The topological polar surface area (TPSA) is 28.7 Å². The Kier molecular flexibility index (Phi) is 2.69. The molecule has 56 valence electrons. The van der Waals surface area contributed by atoms with Crippen LogP contribution in [0, 0.1) is 0 Å². The fraction of sp³-hybridized carbons (Fsp3) is 0.250. The van der Waals surface area contributed by atoms with Gasteiger partial charge in [0.15, 0.2) is 9.99 Å². The average Bonchev–Trinajstić information content (AvgIpc) is 2.13. The number of hydrogen-bond donors (Lipinski definition) is 1. The largest absolute Gasteiger partial charge is 0.329 e. The van der Waals surface area contributed by atoms with Crippen molar-refractivity contribution in [2.75, 3.05) is 0 Å². The minimum absolute atomic E-state index is 0.183. The van der Waals surface area contributed by atoms with Gasteiger partial charge < -0.3 is 4.98 Å². The van der Waals surface area contributed by atoms with Gasteiger partial charge in [-0.15, -0.1) is 0 Å². The Balaban J connectivity index is 2.98. The maximum Gasteiger partial charge on any atom is 0.166 e. The Bertz CT molecular complexity index is 212. The molecule has 0 unspecified atom stereocenters. The van der Waals surface area contributed by atoms with E-state index in [0.29, 0.717) is 5.82 Å². The highest BCUT2D eigenvalue weighted by Gasteiger charge is 2.10. The summed E-state index contributed by atoms with van der Waals surface area (Å²) in [6, 6.07) is 0. The van der Waals surface area contributed by atoms with Gasteiger partial charge in [-0.25, -0.2) is 4.98 Å². The van der Waals surface area contributed by atoms with Crippen molar-refractivity contribution < 1.29 is 0 Å². The van der Waals surface area contributed by atoms with E-state index in [2.05, 4.69) is 9.97 Å². The molecular weight excluding hydrogens is 218 g/mol. The van der Waals surface area contributed by atoms with Gasteiger partial charge in [0.25, 0.3) is 0 Å². The van der Waals surface area contributed by atoms with Crippen LogP contribution in [0.15, 0.2) is 0 Å². The Hall–Kier alpha value is 0.370. The highest BCUT2D eigenvalue weighted by atomic mass is 35.5. The molecule has 2 nitrogen and oxygen atoms in total. The molecule has 1 rings (SSSR count). The van der Waals surface area contributed by atoms with Crippen molar-refractivity contribution in [3.63, 3.8) is 0 Å². The van der Waals surface area contributed by atoms with Crippen LogP contribution in [-0.4, -0.2) is 9.97 Å². The first-order valence-electron chi connectivity index (χ1n) is 2.30. The molecule has 0 aliphatic heterocycles. The number of H-pyrrole nitrogens is 1. The number of nitrogens with zero attached hydrogens (tertiary/aromatic N) is 1. The first-order valence-corrected chi connectivity index (χ1v) is 3.93. The molecule has 0 saturated carbocycles. The number of rotatable bonds is 1. The van der Waals surface area contributed by atoms with E-state index in [1.807, 2.05) is 0 Å². The van der Waals surface area contributed by atoms with Crippen LogP contribution in [0.2, 0.25) is 10.3 Å². The standard InChI is InChI=1S/C4H2Cl4N2/c5-1(6)4-9-2(7)3(8)10-4/h1H,(H,9,10). The van der Waals surface area contributed by atoms with Crippen molar-refractivity contribution in [1.29, 1.82) is 0 Å². The lowest BCUT2D eigenvalue weighted by molar-refractivity contribution is 1.09. The Labute approximate surface area is 77.4 Å². The third kappa shape index (κ3) is 1.70. The fourth-order valence-electron chi connectivity index (χ4n) is 0.450. The van der Waals surface area contributed by atoms with E-state index in [1.165, 1.54) is 0 Å². The molecule has 0 fully saturated rings. The second-order valence-electron chi connectivity index (χ2n) is 1.53. The summed E-state index contributed by atoms with van der Waals surface area (Å²) in [5.74, 6) is 0.360. The minimum Gasteiger partial charge on any atom is -0.329 e. The van der Waals surface area contributed by atoms with Gasteiger partial charge in [-0.3, -0.25) is 0 Å². The molecule has 1 aromatic rings. The van der Waals surface area contributed by atoms with E-state index < -0.39 is 4.84 Å². The van der Waals surface area contributed by atoms with E-state index >= 15 is 0 Å². The highest BCUT2D eigenvalue weighted by molar-refractivity contribution is 6.44. The van der Waals surface area contributed by atoms with Gasteiger partial charge in [0.1, 0.15) is 11.0 Å². The number of alkyl halides is 2. The number of halogens is 4. The highest BCUT2D eigenvalue weighted by Crippen LogP contribution is 2.26. The number of aromatic nitrogens is 2. The molecule has 1 aromatic heterocycles. The van der Waals surface area contributed by atoms with Crippen LogP contribution in [0.3, 0.4) is 0 Å². The maximum atomic E-state index is 5.51. The van der Waals surface area contributed by atoms with Crippen LogP contribution < -0.4 is 0 Å². The van der Waals surface area contributed by atoms with Crippen molar-refractivity contribution in [1.82, 2.24) is 9.97 Å². The molecule has 10 heavy (non-hydrogen) atoms. The normalized spacial score (nSPS) is 10.9. The molecule has 1 heterocycles. The second kappa shape index (κ2) is 3.18. The molecule has 0 amide bonds. The predicted octanol–water partition coefficient (Wildman–Crippen LogP) is 3.19. The molecule has 0 aromatic carbocycles. The zero-order valence-electron chi connectivity index (χ0n) is 4.54.